The number of amides is 1. The molecule has 2 heterocycles. The summed E-state index contributed by atoms with van der Waals surface area (Å²) in [6.07, 6.45) is 6.09. The summed E-state index contributed by atoms with van der Waals surface area (Å²) in [5.74, 6) is 0.745. The molecule has 1 fully saturated rings. The molecule has 0 spiro atoms. The van der Waals surface area contributed by atoms with Crippen molar-refractivity contribution >= 4 is 5.91 Å². The number of hydrogen-bond acceptors (Lipinski definition) is 2. The van der Waals surface area contributed by atoms with E-state index in [2.05, 4.69) is 11.3 Å². The molecule has 0 N–H and O–H groups in total. The predicted molar refractivity (Wildman–Crippen MR) is 86.5 cm³/mol. The largest absolute Gasteiger partial charge is 0.342 e. The SMILES string of the molecule is C[C@H](C(=O)N1CCC(Cc2cnn(C)c2)C1)c1ccccc1. The highest BCUT2D eigenvalue weighted by molar-refractivity contribution is 5.83. The standard InChI is InChI=1S/C18H23N3O/c1-14(17-6-4-3-5-7-17)18(22)21-9-8-15(13-21)10-16-11-19-20(2)12-16/h3-7,11-12,14-15H,8-10,13H2,1-2H3/t14-,15?/m0/s1. The van der Waals surface area contributed by atoms with Crippen LogP contribution >= 0.6 is 0 Å². The molecular formula is C18H23N3O. The van der Waals surface area contributed by atoms with Crippen LogP contribution < -0.4 is 0 Å². The van der Waals surface area contributed by atoms with Crippen molar-refractivity contribution in [3.63, 3.8) is 0 Å². The number of nitrogens with zero attached hydrogens (tertiary/aromatic N) is 3. The van der Waals surface area contributed by atoms with Gasteiger partial charge in [-0.1, -0.05) is 30.3 Å². The predicted octanol–water partition coefficient (Wildman–Crippen LogP) is 2.61. The molecule has 116 valence electrons. The lowest BCUT2D eigenvalue weighted by molar-refractivity contribution is -0.131. The third kappa shape index (κ3) is 3.21. The van der Waals surface area contributed by atoms with Crippen LogP contribution in [0.25, 0.3) is 0 Å². The average Bonchev–Trinajstić information content (AvgIpc) is 3.16. The zero-order valence-electron chi connectivity index (χ0n) is 13.3. The van der Waals surface area contributed by atoms with Crippen molar-refractivity contribution in [1.29, 1.82) is 0 Å². The van der Waals surface area contributed by atoms with Gasteiger partial charge in [0.05, 0.1) is 12.1 Å². The van der Waals surface area contributed by atoms with Gasteiger partial charge in [0.2, 0.25) is 5.91 Å². The smallest absolute Gasteiger partial charge is 0.229 e. The number of hydrogen-bond donors (Lipinski definition) is 0. The van der Waals surface area contributed by atoms with E-state index in [9.17, 15) is 4.79 Å². The van der Waals surface area contributed by atoms with E-state index in [-0.39, 0.29) is 11.8 Å². The molecule has 0 aliphatic carbocycles. The van der Waals surface area contributed by atoms with Crippen molar-refractivity contribution in [3.8, 4) is 0 Å². The van der Waals surface area contributed by atoms with Crippen LogP contribution in [0, 0.1) is 5.92 Å². The summed E-state index contributed by atoms with van der Waals surface area (Å²) in [4.78, 5) is 14.7. The Bertz CT molecular complexity index is 635. The third-order valence-corrected chi connectivity index (χ3v) is 4.55. The van der Waals surface area contributed by atoms with Crippen molar-refractivity contribution in [2.24, 2.45) is 13.0 Å². The van der Waals surface area contributed by atoms with E-state index >= 15 is 0 Å². The monoisotopic (exact) mass is 297 g/mol. The molecule has 1 aromatic carbocycles. The number of aromatic nitrogens is 2. The summed E-state index contributed by atoms with van der Waals surface area (Å²) >= 11 is 0. The first-order valence-electron chi connectivity index (χ1n) is 7.94. The fourth-order valence-electron chi connectivity index (χ4n) is 3.27. The lowest BCUT2D eigenvalue weighted by atomic mass is 9.99. The van der Waals surface area contributed by atoms with Gasteiger partial charge in [0.1, 0.15) is 0 Å². The molecule has 1 aliphatic rings. The number of aryl methyl sites for hydroxylation is 1. The van der Waals surface area contributed by atoms with Crippen LogP contribution in [-0.2, 0) is 18.3 Å². The van der Waals surface area contributed by atoms with Crippen molar-refractivity contribution in [2.75, 3.05) is 13.1 Å². The lowest BCUT2D eigenvalue weighted by Crippen LogP contribution is -2.32. The number of benzene rings is 1. The summed E-state index contributed by atoms with van der Waals surface area (Å²) in [6, 6.07) is 10.0. The summed E-state index contributed by atoms with van der Waals surface area (Å²) in [5, 5.41) is 4.22. The molecule has 1 amide bonds. The summed E-state index contributed by atoms with van der Waals surface area (Å²) in [6.45, 7) is 3.75. The normalized spacial score (nSPS) is 19.4. The first-order valence-corrected chi connectivity index (χ1v) is 7.94. The maximum absolute atomic E-state index is 12.7. The Balaban J connectivity index is 1.59. The van der Waals surface area contributed by atoms with Gasteiger partial charge in [-0.25, -0.2) is 0 Å². The van der Waals surface area contributed by atoms with E-state index in [0.717, 1.165) is 31.5 Å². The molecule has 1 saturated heterocycles. The molecular weight excluding hydrogens is 274 g/mol. The summed E-state index contributed by atoms with van der Waals surface area (Å²) in [5.41, 5.74) is 2.36. The van der Waals surface area contributed by atoms with Crippen LogP contribution in [0.1, 0.15) is 30.4 Å². The van der Waals surface area contributed by atoms with Crippen LogP contribution in [0.15, 0.2) is 42.7 Å². The molecule has 3 rings (SSSR count). The second-order valence-electron chi connectivity index (χ2n) is 6.30. The van der Waals surface area contributed by atoms with Crippen LogP contribution in [0.3, 0.4) is 0 Å². The number of carbonyl (C=O) groups excluding carboxylic acids is 1. The maximum Gasteiger partial charge on any atom is 0.229 e. The number of carbonyl (C=O) groups is 1. The second kappa shape index (κ2) is 6.34. The van der Waals surface area contributed by atoms with E-state index in [1.165, 1.54) is 5.56 Å². The van der Waals surface area contributed by atoms with E-state index < -0.39 is 0 Å². The minimum Gasteiger partial charge on any atom is -0.342 e. The van der Waals surface area contributed by atoms with E-state index in [1.54, 1.807) is 0 Å². The molecule has 0 bridgehead atoms. The quantitative estimate of drug-likeness (QED) is 0.870. The molecule has 2 atom stereocenters. The van der Waals surface area contributed by atoms with Crippen molar-refractivity contribution in [1.82, 2.24) is 14.7 Å². The fourth-order valence-corrected chi connectivity index (χ4v) is 3.27. The van der Waals surface area contributed by atoms with Crippen LogP contribution in [-0.4, -0.2) is 33.7 Å². The van der Waals surface area contributed by atoms with Crippen molar-refractivity contribution < 1.29 is 4.79 Å². The molecule has 4 heteroatoms. The Morgan fingerprint density at radius 3 is 2.82 bits per heavy atom. The number of rotatable bonds is 4. The zero-order valence-corrected chi connectivity index (χ0v) is 13.3. The Labute approximate surface area is 131 Å². The Morgan fingerprint density at radius 2 is 2.14 bits per heavy atom. The molecule has 0 saturated carbocycles. The summed E-state index contributed by atoms with van der Waals surface area (Å²) in [7, 11) is 1.94. The Morgan fingerprint density at radius 1 is 1.36 bits per heavy atom. The molecule has 4 nitrogen and oxygen atoms in total. The Hall–Kier alpha value is -2.10. The van der Waals surface area contributed by atoms with Gasteiger partial charge in [-0.05, 0) is 36.8 Å². The topological polar surface area (TPSA) is 38.1 Å². The highest BCUT2D eigenvalue weighted by atomic mass is 16.2. The number of likely N-dealkylation sites (tertiary alicyclic amines) is 1. The van der Waals surface area contributed by atoms with Crippen LogP contribution in [0.4, 0.5) is 0 Å². The molecule has 22 heavy (non-hydrogen) atoms. The minimum absolute atomic E-state index is 0.0571. The molecule has 1 aromatic heterocycles. The average molecular weight is 297 g/mol. The highest BCUT2D eigenvalue weighted by Gasteiger charge is 2.29. The van der Waals surface area contributed by atoms with Gasteiger partial charge in [-0.2, -0.15) is 5.10 Å². The first-order chi connectivity index (χ1) is 10.6. The third-order valence-electron chi connectivity index (χ3n) is 4.55. The van der Waals surface area contributed by atoms with Crippen LogP contribution in [0.2, 0.25) is 0 Å². The molecule has 0 radical (unpaired) electrons. The fraction of sp³-hybridized carbons (Fsp3) is 0.444. The van der Waals surface area contributed by atoms with Gasteiger partial charge < -0.3 is 4.90 Å². The molecule has 1 unspecified atom stereocenters. The molecule has 1 aliphatic heterocycles. The molecule has 2 aromatic rings. The van der Waals surface area contributed by atoms with Gasteiger partial charge >= 0.3 is 0 Å². The van der Waals surface area contributed by atoms with E-state index in [4.69, 9.17) is 0 Å². The van der Waals surface area contributed by atoms with Crippen LogP contribution in [0.5, 0.6) is 0 Å². The van der Waals surface area contributed by atoms with Gasteiger partial charge in [0.25, 0.3) is 0 Å². The van der Waals surface area contributed by atoms with Gasteiger partial charge in [0, 0.05) is 26.3 Å². The van der Waals surface area contributed by atoms with Crippen molar-refractivity contribution in [3.05, 3.63) is 53.9 Å². The second-order valence-corrected chi connectivity index (χ2v) is 6.30. The van der Waals surface area contributed by atoms with Crippen molar-refractivity contribution in [2.45, 2.75) is 25.7 Å². The Kier molecular flexibility index (Phi) is 4.27. The lowest BCUT2D eigenvalue weighted by Gasteiger charge is -2.21. The summed E-state index contributed by atoms with van der Waals surface area (Å²) < 4.78 is 1.84. The highest BCUT2D eigenvalue weighted by Crippen LogP contribution is 2.25. The zero-order chi connectivity index (χ0) is 15.5. The van der Waals surface area contributed by atoms with E-state index in [0.29, 0.717) is 5.92 Å². The van der Waals surface area contributed by atoms with Gasteiger partial charge in [-0.15, -0.1) is 0 Å². The maximum atomic E-state index is 12.7. The van der Waals surface area contributed by atoms with E-state index in [1.807, 2.05) is 60.1 Å². The van der Waals surface area contributed by atoms with Gasteiger partial charge in [-0.3, -0.25) is 9.48 Å². The van der Waals surface area contributed by atoms with Gasteiger partial charge in [0.15, 0.2) is 0 Å². The minimum atomic E-state index is -0.0571. The first kappa shape index (κ1) is 14.8.